The minimum absolute atomic E-state index is 0.197. The SMILES string of the molecule is COc1cc(/C=C2/SC(=Nc3ccccc3)NC2=O)ccc1OCc1c(Cl)cccc1Cl. The van der Waals surface area contributed by atoms with Crippen LogP contribution in [0.2, 0.25) is 10.0 Å². The Morgan fingerprint density at radius 3 is 2.47 bits per heavy atom. The van der Waals surface area contributed by atoms with Gasteiger partial charge in [-0.15, -0.1) is 0 Å². The second-order valence-electron chi connectivity index (χ2n) is 6.72. The van der Waals surface area contributed by atoms with E-state index in [1.165, 1.54) is 11.8 Å². The Morgan fingerprint density at radius 1 is 1.00 bits per heavy atom. The van der Waals surface area contributed by atoms with Gasteiger partial charge >= 0.3 is 0 Å². The van der Waals surface area contributed by atoms with Crippen LogP contribution >= 0.6 is 35.0 Å². The summed E-state index contributed by atoms with van der Waals surface area (Å²) in [6.07, 6.45) is 1.78. The molecule has 0 atom stereocenters. The van der Waals surface area contributed by atoms with Gasteiger partial charge in [0.2, 0.25) is 0 Å². The van der Waals surface area contributed by atoms with Gasteiger partial charge in [-0.25, -0.2) is 4.99 Å². The molecule has 0 aromatic heterocycles. The van der Waals surface area contributed by atoms with Crippen LogP contribution in [0.25, 0.3) is 6.08 Å². The number of hydrogen-bond acceptors (Lipinski definition) is 5. The molecule has 32 heavy (non-hydrogen) atoms. The zero-order valence-electron chi connectivity index (χ0n) is 17.0. The summed E-state index contributed by atoms with van der Waals surface area (Å²) in [6.45, 7) is 0.201. The van der Waals surface area contributed by atoms with E-state index in [1.54, 1.807) is 43.5 Å². The third-order valence-electron chi connectivity index (χ3n) is 4.56. The summed E-state index contributed by atoms with van der Waals surface area (Å²) in [5.41, 5.74) is 2.27. The fourth-order valence-electron chi connectivity index (χ4n) is 2.97. The van der Waals surface area contributed by atoms with Crippen molar-refractivity contribution in [3.63, 3.8) is 0 Å². The van der Waals surface area contributed by atoms with Gasteiger partial charge in [-0.3, -0.25) is 4.79 Å². The van der Waals surface area contributed by atoms with E-state index in [9.17, 15) is 4.79 Å². The average molecular weight is 485 g/mol. The van der Waals surface area contributed by atoms with Gasteiger partial charge in [-0.2, -0.15) is 0 Å². The summed E-state index contributed by atoms with van der Waals surface area (Å²) in [5.74, 6) is 0.877. The molecule has 1 amide bonds. The van der Waals surface area contributed by atoms with Crippen molar-refractivity contribution in [1.29, 1.82) is 0 Å². The molecular weight excluding hydrogens is 467 g/mol. The Balaban J connectivity index is 1.51. The van der Waals surface area contributed by atoms with Crippen molar-refractivity contribution in [2.45, 2.75) is 6.61 Å². The topological polar surface area (TPSA) is 59.9 Å². The Kier molecular flexibility index (Phi) is 7.05. The van der Waals surface area contributed by atoms with Crippen molar-refractivity contribution in [3.05, 3.63) is 92.8 Å². The number of aliphatic imine (C=N–C) groups is 1. The molecule has 0 aliphatic carbocycles. The fraction of sp³-hybridized carbons (Fsp3) is 0.0833. The van der Waals surface area contributed by atoms with E-state index in [0.717, 1.165) is 11.3 Å². The Morgan fingerprint density at radius 2 is 1.75 bits per heavy atom. The van der Waals surface area contributed by atoms with Crippen LogP contribution in [0.1, 0.15) is 11.1 Å². The molecule has 1 fully saturated rings. The number of methoxy groups -OCH3 is 1. The van der Waals surface area contributed by atoms with Crippen LogP contribution in [0.4, 0.5) is 5.69 Å². The second-order valence-corrected chi connectivity index (χ2v) is 8.56. The molecule has 4 rings (SSSR count). The van der Waals surface area contributed by atoms with Gasteiger partial charge in [-0.1, -0.05) is 53.5 Å². The van der Waals surface area contributed by atoms with E-state index in [-0.39, 0.29) is 12.5 Å². The summed E-state index contributed by atoms with van der Waals surface area (Å²) in [7, 11) is 1.56. The lowest BCUT2D eigenvalue weighted by atomic mass is 10.2. The van der Waals surface area contributed by atoms with Crippen LogP contribution in [0.5, 0.6) is 11.5 Å². The van der Waals surface area contributed by atoms with Crippen LogP contribution in [0.15, 0.2) is 76.6 Å². The van der Waals surface area contributed by atoms with Crippen LogP contribution in [0, 0.1) is 0 Å². The van der Waals surface area contributed by atoms with Gasteiger partial charge in [0.25, 0.3) is 5.91 Å². The number of ether oxygens (including phenoxy) is 2. The molecule has 5 nitrogen and oxygen atoms in total. The molecule has 0 radical (unpaired) electrons. The number of carbonyl (C=O) groups is 1. The molecule has 8 heteroatoms. The second kappa shape index (κ2) is 10.1. The molecule has 1 saturated heterocycles. The molecule has 1 N–H and O–H groups in total. The minimum atomic E-state index is -0.197. The van der Waals surface area contributed by atoms with Gasteiger partial charge in [-0.05, 0) is 59.8 Å². The minimum Gasteiger partial charge on any atom is -0.493 e. The van der Waals surface area contributed by atoms with Crippen LogP contribution in [-0.4, -0.2) is 18.2 Å². The highest BCUT2D eigenvalue weighted by Crippen LogP contribution is 2.34. The van der Waals surface area contributed by atoms with Gasteiger partial charge < -0.3 is 14.8 Å². The van der Waals surface area contributed by atoms with Gasteiger partial charge in [0, 0.05) is 15.6 Å². The molecule has 1 aliphatic heterocycles. The molecule has 0 bridgehead atoms. The normalized spacial score (nSPS) is 15.8. The molecule has 1 aliphatic rings. The Bertz CT molecular complexity index is 1190. The molecule has 162 valence electrons. The van der Waals surface area contributed by atoms with E-state index in [0.29, 0.717) is 37.2 Å². The summed E-state index contributed by atoms with van der Waals surface area (Å²) in [6, 6.07) is 20.2. The maximum absolute atomic E-state index is 12.4. The van der Waals surface area contributed by atoms with Crippen molar-refractivity contribution >= 4 is 57.8 Å². The largest absolute Gasteiger partial charge is 0.493 e. The van der Waals surface area contributed by atoms with E-state index in [2.05, 4.69) is 10.3 Å². The zero-order chi connectivity index (χ0) is 22.5. The number of carbonyl (C=O) groups excluding carboxylic acids is 1. The van der Waals surface area contributed by atoms with E-state index >= 15 is 0 Å². The molecular formula is C24H18Cl2N2O3S. The number of thioether (sulfide) groups is 1. The Labute approximate surface area is 200 Å². The standard InChI is InChI=1S/C24H18Cl2N2O3S/c1-30-21-12-15(10-11-20(21)31-14-17-18(25)8-5-9-19(17)26)13-22-23(29)28-24(32-22)27-16-6-3-2-4-7-16/h2-13H,14H2,1H3,(H,27,28,29)/b22-13+. The van der Waals surface area contributed by atoms with E-state index < -0.39 is 0 Å². The highest BCUT2D eigenvalue weighted by atomic mass is 35.5. The molecule has 0 unspecified atom stereocenters. The number of para-hydroxylation sites is 1. The third-order valence-corrected chi connectivity index (χ3v) is 6.17. The smallest absolute Gasteiger partial charge is 0.264 e. The molecule has 0 saturated carbocycles. The predicted molar refractivity (Wildman–Crippen MR) is 131 cm³/mol. The number of hydrogen-bond donors (Lipinski definition) is 1. The number of rotatable bonds is 6. The highest BCUT2D eigenvalue weighted by Gasteiger charge is 2.24. The lowest BCUT2D eigenvalue weighted by Crippen LogP contribution is -2.19. The summed E-state index contributed by atoms with van der Waals surface area (Å²) < 4.78 is 11.4. The number of amidine groups is 1. The lowest BCUT2D eigenvalue weighted by Gasteiger charge is -2.13. The van der Waals surface area contributed by atoms with E-state index in [1.807, 2.05) is 36.4 Å². The summed E-state index contributed by atoms with van der Waals surface area (Å²) in [4.78, 5) is 17.4. The Hall–Kier alpha value is -2.93. The summed E-state index contributed by atoms with van der Waals surface area (Å²) >= 11 is 13.7. The highest BCUT2D eigenvalue weighted by molar-refractivity contribution is 8.18. The maximum atomic E-state index is 12.4. The number of halogens is 2. The zero-order valence-corrected chi connectivity index (χ0v) is 19.3. The van der Waals surface area contributed by atoms with Crippen molar-refractivity contribution in [1.82, 2.24) is 5.32 Å². The average Bonchev–Trinajstić information content (AvgIpc) is 3.13. The van der Waals surface area contributed by atoms with Crippen molar-refractivity contribution < 1.29 is 14.3 Å². The first-order valence-electron chi connectivity index (χ1n) is 9.62. The lowest BCUT2D eigenvalue weighted by molar-refractivity contribution is -0.115. The quantitative estimate of drug-likeness (QED) is 0.407. The van der Waals surface area contributed by atoms with Crippen molar-refractivity contribution in [2.75, 3.05) is 7.11 Å². The fourth-order valence-corrected chi connectivity index (χ4v) is 4.31. The predicted octanol–water partition coefficient (Wildman–Crippen LogP) is 6.47. The first-order chi connectivity index (χ1) is 15.5. The first kappa shape index (κ1) is 22.3. The van der Waals surface area contributed by atoms with Gasteiger partial charge in [0.15, 0.2) is 16.7 Å². The third kappa shape index (κ3) is 5.27. The van der Waals surface area contributed by atoms with Gasteiger partial charge in [0.05, 0.1) is 17.7 Å². The van der Waals surface area contributed by atoms with Gasteiger partial charge in [0.1, 0.15) is 6.61 Å². The van der Waals surface area contributed by atoms with Crippen LogP contribution in [-0.2, 0) is 11.4 Å². The van der Waals surface area contributed by atoms with Crippen molar-refractivity contribution in [3.8, 4) is 11.5 Å². The molecule has 3 aromatic carbocycles. The van der Waals surface area contributed by atoms with Crippen LogP contribution in [0.3, 0.4) is 0 Å². The first-order valence-corrected chi connectivity index (χ1v) is 11.2. The number of nitrogens with one attached hydrogen (secondary N) is 1. The van der Waals surface area contributed by atoms with Crippen LogP contribution < -0.4 is 14.8 Å². The summed E-state index contributed by atoms with van der Waals surface area (Å²) in [5, 5.41) is 4.40. The molecule has 0 spiro atoms. The maximum Gasteiger partial charge on any atom is 0.264 e. The monoisotopic (exact) mass is 484 g/mol. The van der Waals surface area contributed by atoms with E-state index in [4.69, 9.17) is 32.7 Å². The number of benzene rings is 3. The number of amides is 1. The molecule has 3 aromatic rings. The van der Waals surface area contributed by atoms with Crippen molar-refractivity contribution in [2.24, 2.45) is 4.99 Å². The molecule has 1 heterocycles. The number of nitrogens with zero attached hydrogens (tertiary/aromatic N) is 1.